The second-order valence-corrected chi connectivity index (χ2v) is 5.46. The zero-order chi connectivity index (χ0) is 11.5. The van der Waals surface area contributed by atoms with Gasteiger partial charge in [0.05, 0.1) is 0 Å². The molecule has 16 heavy (non-hydrogen) atoms. The molecule has 3 nitrogen and oxygen atoms in total. The Morgan fingerprint density at radius 1 is 1.31 bits per heavy atom. The molecule has 1 aliphatic carbocycles. The smallest absolute Gasteiger partial charge is 0.222 e. The van der Waals surface area contributed by atoms with Crippen molar-refractivity contribution < 1.29 is 4.79 Å². The van der Waals surface area contributed by atoms with E-state index >= 15 is 0 Å². The van der Waals surface area contributed by atoms with Crippen LogP contribution in [0.5, 0.6) is 0 Å². The Morgan fingerprint density at radius 3 is 2.44 bits per heavy atom. The Balaban J connectivity index is 1.83. The summed E-state index contributed by atoms with van der Waals surface area (Å²) in [6.45, 7) is 4.84. The van der Waals surface area contributed by atoms with Crippen LogP contribution < -0.4 is 0 Å². The summed E-state index contributed by atoms with van der Waals surface area (Å²) >= 11 is 5.94. The monoisotopic (exact) mass is 244 g/mol. The van der Waals surface area contributed by atoms with E-state index in [4.69, 9.17) is 11.8 Å². The van der Waals surface area contributed by atoms with Gasteiger partial charge in [-0.15, -0.1) is 0 Å². The quantitative estimate of drug-likeness (QED) is 0.709. The molecule has 0 radical (unpaired) electrons. The molecule has 1 heterocycles. The van der Waals surface area contributed by atoms with E-state index in [0.29, 0.717) is 24.3 Å². The Bertz CT molecular complexity index is 247. The van der Waals surface area contributed by atoms with E-state index in [1.807, 2.05) is 11.3 Å². The van der Waals surface area contributed by atoms with Crippen molar-refractivity contribution in [3.63, 3.8) is 0 Å². The minimum absolute atomic E-state index is 0.329. The van der Waals surface area contributed by atoms with Crippen molar-refractivity contribution in [1.82, 2.24) is 9.32 Å². The summed E-state index contributed by atoms with van der Waals surface area (Å²) in [5.41, 5.74) is 0. The van der Waals surface area contributed by atoms with Gasteiger partial charge in [0, 0.05) is 32.1 Å². The predicted octanol–water partition coefficient (Wildman–Crippen LogP) is 2.25. The molecule has 0 aromatic rings. The molecule has 2 rings (SSSR count). The zero-order valence-corrected chi connectivity index (χ0v) is 10.7. The van der Waals surface area contributed by atoms with Crippen LogP contribution >= 0.6 is 11.8 Å². The number of hydrogen-bond donors (Lipinski definition) is 0. The highest BCUT2D eigenvalue weighted by atomic mass is 35.5. The van der Waals surface area contributed by atoms with Crippen molar-refractivity contribution in [2.45, 2.75) is 45.1 Å². The van der Waals surface area contributed by atoms with Crippen molar-refractivity contribution >= 4 is 17.7 Å². The van der Waals surface area contributed by atoms with Crippen LogP contribution in [0, 0.1) is 5.92 Å². The van der Waals surface area contributed by atoms with Gasteiger partial charge in [0.25, 0.3) is 0 Å². The van der Waals surface area contributed by atoms with Crippen molar-refractivity contribution in [3.05, 3.63) is 0 Å². The van der Waals surface area contributed by atoms with Gasteiger partial charge in [-0.3, -0.25) is 4.79 Å². The molecule has 4 heteroatoms. The average Bonchev–Trinajstić information content (AvgIpc) is 3.11. The summed E-state index contributed by atoms with van der Waals surface area (Å²) < 4.78 is 1.86. The maximum atomic E-state index is 11.8. The molecule has 1 saturated heterocycles. The molecule has 1 aliphatic heterocycles. The van der Waals surface area contributed by atoms with Gasteiger partial charge in [0.15, 0.2) is 0 Å². The first kappa shape index (κ1) is 12.2. The van der Waals surface area contributed by atoms with Crippen LogP contribution in [0.2, 0.25) is 0 Å². The van der Waals surface area contributed by atoms with Gasteiger partial charge in [-0.25, -0.2) is 4.42 Å². The first-order valence-electron chi connectivity index (χ1n) is 6.41. The van der Waals surface area contributed by atoms with Gasteiger partial charge in [-0.2, -0.15) is 0 Å². The summed E-state index contributed by atoms with van der Waals surface area (Å²) in [5, 5.41) is 0. The lowest BCUT2D eigenvalue weighted by molar-refractivity contribution is -0.132. The van der Waals surface area contributed by atoms with Gasteiger partial charge >= 0.3 is 0 Å². The molecule has 0 bridgehead atoms. The van der Waals surface area contributed by atoms with Crippen LogP contribution in [0.15, 0.2) is 0 Å². The van der Waals surface area contributed by atoms with Crippen LogP contribution in [-0.2, 0) is 4.79 Å². The van der Waals surface area contributed by atoms with Crippen LogP contribution in [0.3, 0.4) is 0 Å². The van der Waals surface area contributed by atoms with E-state index in [1.165, 1.54) is 12.8 Å². The third-order valence-corrected chi connectivity index (χ3v) is 3.96. The maximum Gasteiger partial charge on any atom is 0.222 e. The lowest BCUT2D eigenvalue weighted by atomic mass is 9.97. The lowest BCUT2D eigenvalue weighted by Crippen LogP contribution is -2.39. The minimum atomic E-state index is 0.329. The SMILES string of the molecule is CCC(=O)N(CC1CCN(Cl)CC1)C1CC1. The second-order valence-electron chi connectivity index (χ2n) is 4.98. The van der Waals surface area contributed by atoms with E-state index < -0.39 is 0 Å². The summed E-state index contributed by atoms with van der Waals surface area (Å²) in [5.74, 6) is 0.988. The predicted molar refractivity (Wildman–Crippen MR) is 65.2 cm³/mol. The fourth-order valence-electron chi connectivity index (χ4n) is 2.41. The molecule has 2 fully saturated rings. The molecular formula is C12H21ClN2O. The molecule has 2 aliphatic rings. The molecule has 92 valence electrons. The fraction of sp³-hybridized carbons (Fsp3) is 0.917. The number of nitrogens with zero attached hydrogens (tertiary/aromatic N) is 2. The van der Waals surface area contributed by atoms with E-state index in [0.717, 1.165) is 32.5 Å². The molecule has 0 atom stereocenters. The van der Waals surface area contributed by atoms with E-state index in [1.54, 1.807) is 0 Å². The molecular weight excluding hydrogens is 224 g/mol. The molecule has 0 aromatic heterocycles. The normalized spacial score (nSPS) is 23.4. The largest absolute Gasteiger partial charge is 0.339 e. The Kier molecular flexibility index (Phi) is 4.09. The topological polar surface area (TPSA) is 23.6 Å². The number of carbonyl (C=O) groups is 1. The molecule has 0 aromatic carbocycles. The molecule has 0 N–H and O–H groups in total. The zero-order valence-electron chi connectivity index (χ0n) is 9.99. The molecule has 1 saturated carbocycles. The van der Waals surface area contributed by atoms with Crippen LogP contribution in [0.25, 0.3) is 0 Å². The standard InChI is InChI=1S/C12H21ClN2O/c1-2-12(16)15(11-3-4-11)9-10-5-7-14(13)8-6-10/h10-11H,2-9H2,1H3. The highest BCUT2D eigenvalue weighted by Gasteiger charge is 2.33. The first-order valence-corrected chi connectivity index (χ1v) is 6.74. The van der Waals surface area contributed by atoms with Gasteiger partial charge < -0.3 is 4.90 Å². The Labute approximate surface area is 103 Å². The third kappa shape index (κ3) is 3.11. The summed E-state index contributed by atoms with van der Waals surface area (Å²) in [4.78, 5) is 13.9. The minimum Gasteiger partial charge on any atom is -0.339 e. The molecule has 0 unspecified atom stereocenters. The van der Waals surface area contributed by atoms with Crippen LogP contribution in [0.1, 0.15) is 39.0 Å². The number of carbonyl (C=O) groups excluding carboxylic acids is 1. The first-order chi connectivity index (χ1) is 7.70. The Morgan fingerprint density at radius 2 is 1.94 bits per heavy atom. The van der Waals surface area contributed by atoms with Crippen LogP contribution in [0.4, 0.5) is 0 Å². The Hall–Kier alpha value is -0.280. The highest BCUT2D eigenvalue weighted by molar-refractivity contribution is 6.13. The molecule has 0 spiro atoms. The lowest BCUT2D eigenvalue weighted by Gasteiger charge is -2.32. The van der Waals surface area contributed by atoms with Gasteiger partial charge in [0.1, 0.15) is 0 Å². The maximum absolute atomic E-state index is 11.8. The second kappa shape index (κ2) is 5.37. The third-order valence-electron chi connectivity index (χ3n) is 3.63. The number of piperidine rings is 1. The average molecular weight is 245 g/mol. The fourth-order valence-corrected chi connectivity index (χ4v) is 2.60. The summed E-state index contributed by atoms with van der Waals surface area (Å²) in [6.07, 6.45) is 5.32. The van der Waals surface area contributed by atoms with Crippen molar-refractivity contribution in [2.24, 2.45) is 5.92 Å². The van der Waals surface area contributed by atoms with Crippen LogP contribution in [-0.4, -0.2) is 40.9 Å². The van der Waals surface area contributed by atoms with E-state index in [2.05, 4.69) is 4.90 Å². The highest BCUT2D eigenvalue weighted by Crippen LogP contribution is 2.30. The summed E-state index contributed by atoms with van der Waals surface area (Å²) in [6, 6.07) is 0.557. The van der Waals surface area contributed by atoms with Crippen molar-refractivity contribution in [2.75, 3.05) is 19.6 Å². The van der Waals surface area contributed by atoms with Gasteiger partial charge in [0.2, 0.25) is 5.91 Å². The number of rotatable bonds is 4. The number of hydrogen-bond acceptors (Lipinski definition) is 2. The number of amides is 1. The van der Waals surface area contributed by atoms with E-state index in [-0.39, 0.29) is 0 Å². The van der Waals surface area contributed by atoms with Crippen molar-refractivity contribution in [3.8, 4) is 0 Å². The molecule has 1 amide bonds. The number of halogens is 1. The summed E-state index contributed by atoms with van der Waals surface area (Å²) in [7, 11) is 0. The van der Waals surface area contributed by atoms with Gasteiger partial charge in [-0.1, -0.05) is 6.92 Å². The van der Waals surface area contributed by atoms with Crippen molar-refractivity contribution in [1.29, 1.82) is 0 Å². The van der Waals surface area contributed by atoms with E-state index in [9.17, 15) is 4.79 Å². The van der Waals surface area contributed by atoms with Gasteiger partial charge in [-0.05, 0) is 43.4 Å².